The van der Waals surface area contributed by atoms with Crippen molar-refractivity contribution in [1.29, 1.82) is 0 Å². The Labute approximate surface area is 123 Å². The van der Waals surface area contributed by atoms with Gasteiger partial charge in [0.05, 0.1) is 0 Å². The zero-order valence-corrected chi connectivity index (χ0v) is 12.1. The molecule has 2 aliphatic rings. The molecule has 3 rings (SSSR count). The first kappa shape index (κ1) is 13.7. The highest BCUT2D eigenvalue weighted by molar-refractivity contribution is 6.30. The average molecular weight is 295 g/mol. The van der Waals surface area contributed by atoms with Crippen LogP contribution < -0.4 is 10.5 Å². The molecule has 2 bridgehead atoms. The standard InChI is InChI=1S/C15H19ClN2O2/c16-10-2-1-3-14(6-10)20-9-15(19)18-12-4-5-13(18)8-11(17)7-12/h1-3,6,11-13H,4-5,7-9,17H2. The van der Waals surface area contributed by atoms with Crippen LogP contribution in [0.5, 0.6) is 5.75 Å². The molecule has 0 saturated carbocycles. The van der Waals surface area contributed by atoms with E-state index in [4.69, 9.17) is 22.1 Å². The van der Waals surface area contributed by atoms with Crippen molar-refractivity contribution in [3.05, 3.63) is 29.3 Å². The molecule has 2 saturated heterocycles. The molecule has 1 aromatic carbocycles. The summed E-state index contributed by atoms with van der Waals surface area (Å²) in [5.41, 5.74) is 6.02. The van der Waals surface area contributed by atoms with E-state index in [1.54, 1.807) is 18.2 Å². The van der Waals surface area contributed by atoms with E-state index in [-0.39, 0.29) is 18.6 Å². The maximum Gasteiger partial charge on any atom is 0.261 e. The SMILES string of the molecule is NC1CC2CCC(C1)N2C(=O)COc1cccc(Cl)c1. The quantitative estimate of drug-likeness (QED) is 0.930. The summed E-state index contributed by atoms with van der Waals surface area (Å²) < 4.78 is 5.55. The molecule has 20 heavy (non-hydrogen) atoms. The van der Waals surface area contributed by atoms with Crippen LogP contribution in [0.2, 0.25) is 5.02 Å². The van der Waals surface area contributed by atoms with Gasteiger partial charge in [-0.15, -0.1) is 0 Å². The van der Waals surface area contributed by atoms with Crippen molar-refractivity contribution in [1.82, 2.24) is 4.90 Å². The molecule has 2 N–H and O–H groups in total. The number of nitrogens with two attached hydrogens (primary N) is 1. The molecular formula is C15H19ClN2O2. The van der Waals surface area contributed by atoms with Gasteiger partial charge in [0.1, 0.15) is 5.75 Å². The number of halogens is 1. The van der Waals surface area contributed by atoms with Crippen LogP contribution in [0.15, 0.2) is 24.3 Å². The van der Waals surface area contributed by atoms with Gasteiger partial charge >= 0.3 is 0 Å². The van der Waals surface area contributed by atoms with Crippen LogP contribution in [0.1, 0.15) is 25.7 Å². The van der Waals surface area contributed by atoms with Crippen LogP contribution in [0, 0.1) is 0 Å². The smallest absolute Gasteiger partial charge is 0.261 e. The Kier molecular flexibility index (Phi) is 3.85. The molecule has 2 aliphatic heterocycles. The van der Waals surface area contributed by atoms with Crippen molar-refractivity contribution >= 4 is 17.5 Å². The molecule has 5 heteroatoms. The van der Waals surface area contributed by atoms with Crippen LogP contribution >= 0.6 is 11.6 Å². The molecule has 0 aliphatic carbocycles. The van der Waals surface area contributed by atoms with E-state index in [2.05, 4.69) is 0 Å². The Morgan fingerprint density at radius 2 is 2.05 bits per heavy atom. The number of carbonyl (C=O) groups is 1. The molecule has 2 atom stereocenters. The highest BCUT2D eigenvalue weighted by Crippen LogP contribution is 2.35. The molecule has 2 heterocycles. The predicted octanol–water partition coefficient (Wildman–Crippen LogP) is 2.20. The highest BCUT2D eigenvalue weighted by atomic mass is 35.5. The van der Waals surface area contributed by atoms with E-state index in [1.165, 1.54) is 0 Å². The number of amides is 1. The third-order valence-corrected chi connectivity index (χ3v) is 4.45. The number of piperidine rings is 1. The fourth-order valence-electron chi connectivity index (χ4n) is 3.40. The van der Waals surface area contributed by atoms with Crippen molar-refractivity contribution in [2.75, 3.05) is 6.61 Å². The summed E-state index contributed by atoms with van der Waals surface area (Å²) in [7, 11) is 0. The van der Waals surface area contributed by atoms with Crippen molar-refractivity contribution in [2.24, 2.45) is 5.73 Å². The summed E-state index contributed by atoms with van der Waals surface area (Å²) in [6, 6.07) is 7.97. The van der Waals surface area contributed by atoms with Crippen molar-refractivity contribution in [3.63, 3.8) is 0 Å². The van der Waals surface area contributed by atoms with E-state index in [9.17, 15) is 4.79 Å². The molecule has 2 unspecified atom stereocenters. The van der Waals surface area contributed by atoms with Crippen LogP contribution in [0.4, 0.5) is 0 Å². The maximum atomic E-state index is 12.4. The van der Waals surface area contributed by atoms with E-state index >= 15 is 0 Å². The van der Waals surface area contributed by atoms with Gasteiger partial charge < -0.3 is 15.4 Å². The summed E-state index contributed by atoms with van der Waals surface area (Å²) in [5, 5.41) is 0.610. The van der Waals surface area contributed by atoms with E-state index in [0.717, 1.165) is 25.7 Å². The van der Waals surface area contributed by atoms with Gasteiger partial charge in [0, 0.05) is 23.1 Å². The molecule has 1 aromatic rings. The monoisotopic (exact) mass is 294 g/mol. The zero-order chi connectivity index (χ0) is 14.1. The summed E-state index contributed by atoms with van der Waals surface area (Å²) in [5.74, 6) is 0.691. The second kappa shape index (κ2) is 5.62. The van der Waals surface area contributed by atoms with Crippen molar-refractivity contribution in [2.45, 2.75) is 43.8 Å². The molecule has 0 spiro atoms. The Balaban J connectivity index is 1.60. The van der Waals surface area contributed by atoms with Crippen molar-refractivity contribution in [3.8, 4) is 5.75 Å². The molecule has 1 amide bonds. The predicted molar refractivity (Wildman–Crippen MR) is 77.8 cm³/mol. The Bertz CT molecular complexity index is 494. The number of carbonyl (C=O) groups excluding carboxylic acids is 1. The largest absolute Gasteiger partial charge is 0.484 e. The van der Waals surface area contributed by atoms with E-state index in [0.29, 0.717) is 22.9 Å². The Hall–Kier alpha value is -1.26. The Morgan fingerprint density at radius 1 is 1.35 bits per heavy atom. The van der Waals surface area contributed by atoms with Gasteiger partial charge in [-0.2, -0.15) is 0 Å². The maximum absolute atomic E-state index is 12.4. The van der Waals surface area contributed by atoms with Crippen molar-refractivity contribution < 1.29 is 9.53 Å². The molecular weight excluding hydrogens is 276 g/mol. The van der Waals surface area contributed by atoms with E-state index in [1.807, 2.05) is 11.0 Å². The lowest BCUT2D eigenvalue weighted by Crippen LogP contribution is -2.51. The second-order valence-corrected chi connectivity index (χ2v) is 6.10. The van der Waals surface area contributed by atoms with Crippen LogP contribution in [0.3, 0.4) is 0 Å². The second-order valence-electron chi connectivity index (χ2n) is 5.66. The minimum absolute atomic E-state index is 0.0596. The van der Waals surface area contributed by atoms with Gasteiger partial charge in [0.2, 0.25) is 0 Å². The summed E-state index contributed by atoms with van der Waals surface area (Å²) in [6.45, 7) is 0.0720. The molecule has 4 nitrogen and oxygen atoms in total. The van der Waals surface area contributed by atoms with Gasteiger partial charge in [0.25, 0.3) is 5.91 Å². The fourth-order valence-corrected chi connectivity index (χ4v) is 3.58. The van der Waals surface area contributed by atoms with Gasteiger partial charge in [0.15, 0.2) is 6.61 Å². The number of hydrogen-bond donors (Lipinski definition) is 1. The fraction of sp³-hybridized carbons (Fsp3) is 0.533. The van der Waals surface area contributed by atoms with Gasteiger partial charge in [-0.1, -0.05) is 17.7 Å². The first-order valence-corrected chi connectivity index (χ1v) is 7.46. The minimum atomic E-state index is 0.0596. The van der Waals surface area contributed by atoms with Gasteiger partial charge in [-0.05, 0) is 43.9 Å². The molecule has 0 aromatic heterocycles. The summed E-state index contributed by atoms with van der Waals surface area (Å²) in [4.78, 5) is 14.3. The van der Waals surface area contributed by atoms with Gasteiger partial charge in [-0.3, -0.25) is 4.79 Å². The number of benzene rings is 1. The first-order valence-electron chi connectivity index (χ1n) is 7.08. The lowest BCUT2D eigenvalue weighted by molar-refractivity contribution is -0.137. The number of nitrogens with zero attached hydrogens (tertiary/aromatic N) is 1. The summed E-state index contributed by atoms with van der Waals surface area (Å²) in [6.07, 6.45) is 3.97. The number of ether oxygens (including phenoxy) is 1. The third-order valence-electron chi connectivity index (χ3n) is 4.22. The first-order chi connectivity index (χ1) is 9.63. The van der Waals surface area contributed by atoms with Crippen LogP contribution in [-0.4, -0.2) is 35.5 Å². The molecule has 108 valence electrons. The lowest BCUT2D eigenvalue weighted by Gasteiger charge is -2.37. The normalized spacial score (nSPS) is 28.5. The Morgan fingerprint density at radius 3 is 2.70 bits per heavy atom. The number of rotatable bonds is 3. The minimum Gasteiger partial charge on any atom is -0.484 e. The average Bonchev–Trinajstić information content (AvgIpc) is 2.68. The molecule has 0 radical (unpaired) electrons. The van der Waals surface area contributed by atoms with Crippen LogP contribution in [0.25, 0.3) is 0 Å². The molecule has 2 fully saturated rings. The van der Waals surface area contributed by atoms with Gasteiger partial charge in [-0.25, -0.2) is 0 Å². The summed E-state index contributed by atoms with van der Waals surface area (Å²) >= 11 is 5.89. The highest BCUT2D eigenvalue weighted by Gasteiger charge is 2.42. The number of fused-ring (bicyclic) bond motifs is 2. The van der Waals surface area contributed by atoms with E-state index < -0.39 is 0 Å². The zero-order valence-electron chi connectivity index (χ0n) is 11.3. The number of hydrogen-bond acceptors (Lipinski definition) is 3. The topological polar surface area (TPSA) is 55.6 Å². The third kappa shape index (κ3) is 2.76. The van der Waals surface area contributed by atoms with Crippen LogP contribution in [-0.2, 0) is 4.79 Å². The lowest BCUT2D eigenvalue weighted by atomic mass is 9.98.